The Morgan fingerprint density at radius 3 is 2.58 bits per heavy atom. The lowest BCUT2D eigenvalue weighted by molar-refractivity contribution is 0.373. The largest absolute Gasteiger partial charge is 0.367 e. The molecule has 0 unspecified atom stereocenters. The van der Waals surface area contributed by atoms with Crippen molar-refractivity contribution in [3.63, 3.8) is 0 Å². The average molecular weight is 282 g/mol. The number of halogens is 1. The molecule has 0 aliphatic carbocycles. The third-order valence-electron chi connectivity index (χ3n) is 3.21. The quantitative estimate of drug-likeness (QED) is 0.371. The highest BCUT2D eigenvalue weighted by Gasteiger charge is 2.20. The lowest BCUT2D eigenvalue weighted by Gasteiger charge is -2.37. The number of piperazine rings is 1. The molecule has 1 fully saturated rings. The van der Waals surface area contributed by atoms with Gasteiger partial charge in [-0.05, 0) is 19.1 Å². The van der Waals surface area contributed by atoms with E-state index in [1.165, 1.54) is 0 Å². The van der Waals surface area contributed by atoms with Crippen LogP contribution in [0.25, 0.3) is 0 Å². The molecule has 0 spiro atoms. The van der Waals surface area contributed by atoms with Crippen LogP contribution in [0.15, 0.2) is 29.3 Å². The van der Waals surface area contributed by atoms with Crippen molar-refractivity contribution >= 4 is 23.2 Å². The normalized spacial score (nSPS) is 16.7. The fourth-order valence-electron chi connectivity index (χ4n) is 2.25. The van der Waals surface area contributed by atoms with E-state index < -0.39 is 0 Å². The van der Waals surface area contributed by atoms with Crippen LogP contribution in [0.5, 0.6) is 0 Å². The van der Waals surface area contributed by atoms with Crippen LogP contribution >= 0.6 is 11.6 Å². The molecular formula is C13H20ClN5. The van der Waals surface area contributed by atoms with Gasteiger partial charge in [0.1, 0.15) is 0 Å². The molecule has 0 bridgehead atoms. The maximum Gasteiger partial charge on any atom is 0.208 e. The van der Waals surface area contributed by atoms with Gasteiger partial charge >= 0.3 is 0 Å². The van der Waals surface area contributed by atoms with Gasteiger partial charge < -0.3 is 9.80 Å². The number of guanidine groups is 1. The average Bonchev–Trinajstić information content (AvgIpc) is 2.46. The van der Waals surface area contributed by atoms with E-state index >= 15 is 0 Å². The molecule has 1 aromatic carbocycles. The molecule has 0 aromatic heterocycles. The highest BCUT2D eigenvalue weighted by atomic mass is 35.5. The van der Waals surface area contributed by atoms with Gasteiger partial charge in [-0.1, -0.05) is 23.7 Å². The van der Waals surface area contributed by atoms with Crippen molar-refractivity contribution in [2.24, 2.45) is 10.8 Å². The van der Waals surface area contributed by atoms with Crippen molar-refractivity contribution in [3.8, 4) is 0 Å². The first-order chi connectivity index (χ1) is 9.26. The first-order valence-corrected chi connectivity index (χ1v) is 6.89. The Balaban J connectivity index is 2.00. The second-order valence-corrected chi connectivity index (χ2v) is 4.77. The summed E-state index contributed by atoms with van der Waals surface area (Å²) in [5.74, 6) is 6.27. The summed E-state index contributed by atoms with van der Waals surface area (Å²) in [4.78, 5) is 8.80. The summed E-state index contributed by atoms with van der Waals surface area (Å²) < 4.78 is 0. The lowest BCUT2D eigenvalue weighted by Crippen LogP contribution is -2.54. The molecule has 1 aliphatic rings. The van der Waals surface area contributed by atoms with Crippen LogP contribution in [-0.2, 0) is 0 Å². The van der Waals surface area contributed by atoms with Gasteiger partial charge in [-0.25, -0.2) is 5.84 Å². The molecule has 1 saturated heterocycles. The summed E-state index contributed by atoms with van der Waals surface area (Å²) >= 11 is 6.22. The van der Waals surface area contributed by atoms with Gasteiger partial charge in [0.25, 0.3) is 0 Å². The van der Waals surface area contributed by atoms with Gasteiger partial charge in [-0.15, -0.1) is 0 Å². The van der Waals surface area contributed by atoms with Gasteiger partial charge in [0, 0.05) is 32.7 Å². The first kappa shape index (κ1) is 14.0. The molecule has 0 atom stereocenters. The van der Waals surface area contributed by atoms with Crippen molar-refractivity contribution in [2.45, 2.75) is 6.92 Å². The number of hydrazine groups is 1. The molecule has 0 amide bonds. The molecule has 6 heteroatoms. The number of benzene rings is 1. The third kappa shape index (κ3) is 3.30. The molecular weight excluding hydrogens is 262 g/mol. The Kier molecular flexibility index (Phi) is 4.87. The second kappa shape index (κ2) is 6.63. The number of rotatable bonds is 2. The summed E-state index contributed by atoms with van der Waals surface area (Å²) in [5, 5.41) is 0.801. The summed E-state index contributed by atoms with van der Waals surface area (Å²) in [6.45, 7) is 6.31. The van der Waals surface area contributed by atoms with Crippen LogP contribution in [0.2, 0.25) is 5.02 Å². The smallest absolute Gasteiger partial charge is 0.208 e. The minimum absolute atomic E-state index is 0.726. The van der Waals surface area contributed by atoms with Crippen LogP contribution < -0.4 is 16.2 Å². The number of hydrogen-bond donors (Lipinski definition) is 2. The Bertz CT molecular complexity index is 440. The minimum Gasteiger partial charge on any atom is -0.367 e. The zero-order valence-electron chi connectivity index (χ0n) is 11.1. The van der Waals surface area contributed by atoms with Gasteiger partial charge in [0.2, 0.25) is 5.96 Å². The number of para-hydroxylation sites is 1. The molecule has 2 rings (SSSR count). The molecule has 1 heterocycles. The minimum atomic E-state index is 0.726. The molecule has 104 valence electrons. The summed E-state index contributed by atoms with van der Waals surface area (Å²) in [5.41, 5.74) is 3.77. The van der Waals surface area contributed by atoms with Crippen molar-refractivity contribution in [2.75, 3.05) is 37.6 Å². The molecule has 3 N–H and O–H groups in total. The number of anilines is 1. The highest BCUT2D eigenvalue weighted by molar-refractivity contribution is 6.33. The fraction of sp³-hybridized carbons (Fsp3) is 0.462. The Morgan fingerprint density at radius 1 is 1.32 bits per heavy atom. The van der Waals surface area contributed by atoms with Gasteiger partial charge in [-0.3, -0.25) is 10.4 Å². The Hall–Kier alpha value is -1.46. The van der Waals surface area contributed by atoms with E-state index in [2.05, 4.69) is 26.3 Å². The predicted molar refractivity (Wildman–Crippen MR) is 80.5 cm³/mol. The first-order valence-electron chi connectivity index (χ1n) is 6.51. The lowest BCUT2D eigenvalue weighted by atomic mass is 10.2. The maximum absolute atomic E-state index is 6.22. The predicted octanol–water partition coefficient (Wildman–Crippen LogP) is 1.30. The van der Waals surface area contributed by atoms with Crippen molar-refractivity contribution < 1.29 is 0 Å². The van der Waals surface area contributed by atoms with E-state index in [4.69, 9.17) is 17.4 Å². The molecule has 19 heavy (non-hydrogen) atoms. The molecule has 0 saturated carbocycles. The highest BCUT2D eigenvalue weighted by Crippen LogP contribution is 2.25. The van der Waals surface area contributed by atoms with Crippen molar-refractivity contribution in [1.29, 1.82) is 0 Å². The van der Waals surface area contributed by atoms with E-state index in [-0.39, 0.29) is 0 Å². The van der Waals surface area contributed by atoms with Crippen LogP contribution in [0.4, 0.5) is 5.69 Å². The van der Waals surface area contributed by atoms with Crippen LogP contribution in [0.3, 0.4) is 0 Å². The SMILES string of the molecule is CCN=C(NN)N1CCN(c2ccccc2Cl)CC1. The zero-order valence-corrected chi connectivity index (χ0v) is 11.9. The van der Waals surface area contributed by atoms with Crippen molar-refractivity contribution in [3.05, 3.63) is 29.3 Å². The van der Waals surface area contributed by atoms with Gasteiger partial charge in [0.15, 0.2) is 0 Å². The maximum atomic E-state index is 6.22. The van der Waals surface area contributed by atoms with Gasteiger partial charge in [-0.2, -0.15) is 0 Å². The summed E-state index contributed by atoms with van der Waals surface area (Å²) in [6.07, 6.45) is 0. The van der Waals surface area contributed by atoms with Crippen molar-refractivity contribution in [1.82, 2.24) is 10.3 Å². The fourth-order valence-corrected chi connectivity index (χ4v) is 2.51. The molecule has 1 aliphatic heterocycles. The number of nitrogens with one attached hydrogen (secondary N) is 1. The number of nitrogens with two attached hydrogens (primary N) is 1. The van der Waals surface area contributed by atoms with Crippen LogP contribution in [-0.4, -0.2) is 43.6 Å². The van der Waals surface area contributed by atoms with E-state index in [0.29, 0.717) is 0 Å². The monoisotopic (exact) mass is 281 g/mol. The van der Waals surface area contributed by atoms with E-state index in [9.17, 15) is 0 Å². The standard InChI is InChI=1S/C13H20ClN5/c1-2-16-13(17-15)19-9-7-18(8-10-19)12-6-4-3-5-11(12)14/h3-6H,2,7-10,15H2,1H3,(H,16,17). The van der Waals surface area contributed by atoms with Crippen LogP contribution in [0, 0.1) is 0 Å². The van der Waals surface area contributed by atoms with Gasteiger partial charge in [0.05, 0.1) is 10.7 Å². The molecule has 1 aromatic rings. The van der Waals surface area contributed by atoms with E-state index in [1.54, 1.807) is 0 Å². The number of aliphatic imine (C=N–C) groups is 1. The summed E-state index contributed by atoms with van der Waals surface area (Å²) in [7, 11) is 0. The Morgan fingerprint density at radius 2 is 2.00 bits per heavy atom. The number of hydrogen-bond acceptors (Lipinski definition) is 3. The second-order valence-electron chi connectivity index (χ2n) is 4.37. The van der Waals surface area contributed by atoms with E-state index in [1.807, 2.05) is 25.1 Å². The van der Waals surface area contributed by atoms with Crippen LogP contribution in [0.1, 0.15) is 6.92 Å². The molecule has 0 radical (unpaired) electrons. The Labute approximate surface area is 119 Å². The number of nitrogens with zero attached hydrogens (tertiary/aromatic N) is 3. The van der Waals surface area contributed by atoms with E-state index in [0.717, 1.165) is 49.4 Å². The third-order valence-corrected chi connectivity index (χ3v) is 3.53. The topological polar surface area (TPSA) is 56.9 Å². The summed E-state index contributed by atoms with van der Waals surface area (Å²) in [6, 6.07) is 7.94. The molecule has 5 nitrogen and oxygen atoms in total. The zero-order chi connectivity index (χ0) is 13.7.